The SMILES string of the molecule is CCc1noc(-c2cnc(C)nc2N2CCCC(C(=O)N(C)Cc3ccco3)C2)n1. The smallest absolute Gasteiger partial charge is 0.263 e. The number of carbonyl (C=O) groups is 1. The fraction of sp³-hybridized carbons (Fsp3) is 0.476. The van der Waals surface area contributed by atoms with Gasteiger partial charge in [-0.2, -0.15) is 4.98 Å². The Kier molecular flexibility index (Phi) is 5.78. The molecule has 0 aliphatic carbocycles. The molecule has 1 saturated heterocycles. The van der Waals surface area contributed by atoms with Gasteiger partial charge in [-0.3, -0.25) is 4.79 Å². The number of aromatic nitrogens is 4. The lowest BCUT2D eigenvalue weighted by molar-refractivity contribution is -0.135. The van der Waals surface area contributed by atoms with Crippen LogP contribution in [0, 0.1) is 12.8 Å². The van der Waals surface area contributed by atoms with E-state index in [2.05, 4.69) is 25.0 Å². The Morgan fingerprint density at radius 2 is 2.23 bits per heavy atom. The summed E-state index contributed by atoms with van der Waals surface area (Å²) in [5.74, 6) is 3.21. The van der Waals surface area contributed by atoms with Gasteiger partial charge in [-0.25, -0.2) is 9.97 Å². The Morgan fingerprint density at radius 1 is 1.37 bits per heavy atom. The first-order chi connectivity index (χ1) is 14.5. The summed E-state index contributed by atoms with van der Waals surface area (Å²) in [5, 5.41) is 3.99. The minimum atomic E-state index is -0.115. The first-order valence-electron chi connectivity index (χ1n) is 10.2. The Bertz CT molecular complexity index is 1000. The van der Waals surface area contributed by atoms with E-state index in [1.807, 2.05) is 33.0 Å². The zero-order valence-electron chi connectivity index (χ0n) is 17.5. The predicted octanol–water partition coefficient (Wildman–Crippen LogP) is 2.87. The van der Waals surface area contributed by atoms with Crippen molar-refractivity contribution in [3.63, 3.8) is 0 Å². The van der Waals surface area contributed by atoms with Crippen LogP contribution in [0.5, 0.6) is 0 Å². The molecule has 1 aliphatic heterocycles. The van der Waals surface area contributed by atoms with Crippen molar-refractivity contribution in [1.29, 1.82) is 0 Å². The van der Waals surface area contributed by atoms with E-state index in [-0.39, 0.29) is 11.8 Å². The molecule has 1 unspecified atom stereocenters. The average Bonchev–Trinajstić information content (AvgIpc) is 3.45. The van der Waals surface area contributed by atoms with Crippen LogP contribution in [0.2, 0.25) is 0 Å². The van der Waals surface area contributed by atoms with Crippen LogP contribution in [0.3, 0.4) is 0 Å². The summed E-state index contributed by atoms with van der Waals surface area (Å²) in [4.78, 5) is 30.3. The van der Waals surface area contributed by atoms with Crippen LogP contribution in [0.25, 0.3) is 11.5 Å². The quantitative estimate of drug-likeness (QED) is 0.611. The molecule has 0 aromatic carbocycles. The van der Waals surface area contributed by atoms with Crippen LogP contribution in [0.15, 0.2) is 33.5 Å². The van der Waals surface area contributed by atoms with E-state index >= 15 is 0 Å². The molecule has 3 aromatic heterocycles. The zero-order valence-corrected chi connectivity index (χ0v) is 17.5. The van der Waals surface area contributed by atoms with E-state index in [9.17, 15) is 4.79 Å². The summed E-state index contributed by atoms with van der Waals surface area (Å²) < 4.78 is 10.8. The van der Waals surface area contributed by atoms with Gasteiger partial charge in [0.05, 0.1) is 18.7 Å². The number of hydrogen-bond acceptors (Lipinski definition) is 8. The zero-order chi connectivity index (χ0) is 21.1. The number of carbonyl (C=O) groups excluding carboxylic acids is 1. The Balaban J connectivity index is 1.54. The van der Waals surface area contributed by atoms with Gasteiger partial charge in [0.1, 0.15) is 23.0 Å². The van der Waals surface area contributed by atoms with Crippen LogP contribution in [-0.4, -0.2) is 51.1 Å². The van der Waals surface area contributed by atoms with Crippen molar-refractivity contribution < 1.29 is 13.7 Å². The normalized spacial score (nSPS) is 16.6. The van der Waals surface area contributed by atoms with Crippen molar-refractivity contribution in [2.24, 2.45) is 5.92 Å². The number of piperidine rings is 1. The summed E-state index contributed by atoms with van der Waals surface area (Å²) in [6.07, 6.45) is 5.78. The third-order valence-corrected chi connectivity index (χ3v) is 5.32. The second-order valence-corrected chi connectivity index (χ2v) is 7.58. The lowest BCUT2D eigenvalue weighted by Crippen LogP contribution is -2.44. The van der Waals surface area contributed by atoms with Crippen LogP contribution < -0.4 is 4.90 Å². The standard InChI is InChI=1S/C21H26N6O3/c1-4-18-24-20(30-25-18)17-11-22-14(2)23-19(17)27-9-5-7-15(12-27)21(28)26(3)13-16-8-6-10-29-16/h6,8,10-11,15H,4-5,7,9,12-13H2,1-3H3. The summed E-state index contributed by atoms with van der Waals surface area (Å²) >= 11 is 0. The molecule has 4 heterocycles. The van der Waals surface area contributed by atoms with Crippen molar-refractivity contribution in [3.8, 4) is 11.5 Å². The van der Waals surface area contributed by atoms with Gasteiger partial charge in [0.25, 0.3) is 5.89 Å². The number of aryl methyl sites for hydroxylation is 2. The molecule has 9 heteroatoms. The first-order valence-corrected chi connectivity index (χ1v) is 10.2. The molecule has 1 fully saturated rings. The van der Waals surface area contributed by atoms with Crippen molar-refractivity contribution in [2.75, 3.05) is 25.0 Å². The molecular weight excluding hydrogens is 384 g/mol. The molecule has 4 rings (SSSR count). The first kappa shape index (κ1) is 20.1. The van der Waals surface area contributed by atoms with Crippen LogP contribution in [0.4, 0.5) is 5.82 Å². The molecule has 9 nitrogen and oxygen atoms in total. The van der Waals surface area contributed by atoms with Gasteiger partial charge in [-0.1, -0.05) is 12.1 Å². The Morgan fingerprint density at radius 3 is 2.97 bits per heavy atom. The van der Waals surface area contributed by atoms with E-state index in [0.29, 0.717) is 42.6 Å². The maximum absolute atomic E-state index is 13.0. The minimum absolute atomic E-state index is 0.106. The Hall–Kier alpha value is -3.23. The van der Waals surface area contributed by atoms with Crippen molar-refractivity contribution in [3.05, 3.63) is 42.0 Å². The van der Waals surface area contributed by atoms with Crippen LogP contribution in [-0.2, 0) is 17.8 Å². The molecule has 0 spiro atoms. The molecule has 3 aromatic rings. The van der Waals surface area contributed by atoms with E-state index in [0.717, 1.165) is 31.0 Å². The molecule has 1 amide bonds. The van der Waals surface area contributed by atoms with Crippen molar-refractivity contribution in [2.45, 2.75) is 39.7 Å². The lowest BCUT2D eigenvalue weighted by atomic mass is 9.96. The topological polar surface area (TPSA) is 101 Å². The molecule has 1 aliphatic rings. The van der Waals surface area contributed by atoms with Gasteiger partial charge in [-0.15, -0.1) is 0 Å². The summed E-state index contributed by atoms with van der Waals surface area (Å²) in [6.45, 7) is 5.68. The summed E-state index contributed by atoms with van der Waals surface area (Å²) in [7, 11) is 1.81. The fourth-order valence-electron chi connectivity index (χ4n) is 3.75. The number of nitrogens with zero attached hydrogens (tertiary/aromatic N) is 6. The minimum Gasteiger partial charge on any atom is -0.467 e. The van der Waals surface area contributed by atoms with E-state index < -0.39 is 0 Å². The van der Waals surface area contributed by atoms with Gasteiger partial charge < -0.3 is 18.7 Å². The maximum Gasteiger partial charge on any atom is 0.263 e. The van der Waals surface area contributed by atoms with Crippen LogP contribution >= 0.6 is 0 Å². The third kappa shape index (κ3) is 4.19. The van der Waals surface area contributed by atoms with Crippen LogP contribution in [0.1, 0.15) is 37.2 Å². The molecule has 30 heavy (non-hydrogen) atoms. The number of anilines is 1. The molecule has 0 bridgehead atoms. The van der Waals surface area contributed by atoms with Crippen molar-refractivity contribution in [1.82, 2.24) is 25.0 Å². The van der Waals surface area contributed by atoms with Gasteiger partial charge in [0, 0.05) is 32.8 Å². The van der Waals surface area contributed by atoms with Gasteiger partial charge in [-0.05, 0) is 31.9 Å². The van der Waals surface area contributed by atoms with E-state index in [1.165, 1.54) is 0 Å². The number of amides is 1. The highest BCUT2D eigenvalue weighted by molar-refractivity contribution is 5.80. The highest BCUT2D eigenvalue weighted by Crippen LogP contribution is 2.31. The van der Waals surface area contributed by atoms with E-state index in [1.54, 1.807) is 17.4 Å². The highest BCUT2D eigenvalue weighted by atomic mass is 16.5. The fourth-order valence-corrected chi connectivity index (χ4v) is 3.75. The summed E-state index contributed by atoms with van der Waals surface area (Å²) in [6, 6.07) is 3.71. The van der Waals surface area contributed by atoms with Gasteiger partial charge in [0.15, 0.2) is 5.82 Å². The number of hydrogen-bond donors (Lipinski definition) is 0. The molecule has 0 N–H and O–H groups in total. The number of rotatable bonds is 6. The third-order valence-electron chi connectivity index (χ3n) is 5.32. The highest BCUT2D eigenvalue weighted by Gasteiger charge is 2.31. The molecular formula is C21H26N6O3. The monoisotopic (exact) mass is 410 g/mol. The largest absolute Gasteiger partial charge is 0.467 e. The maximum atomic E-state index is 13.0. The van der Waals surface area contributed by atoms with Crippen molar-refractivity contribution >= 4 is 11.7 Å². The van der Waals surface area contributed by atoms with Gasteiger partial charge >= 0.3 is 0 Å². The Labute approximate surface area is 175 Å². The second-order valence-electron chi connectivity index (χ2n) is 7.58. The number of furan rings is 1. The average molecular weight is 410 g/mol. The molecule has 1 atom stereocenters. The second kappa shape index (κ2) is 8.64. The predicted molar refractivity (Wildman–Crippen MR) is 110 cm³/mol. The molecule has 158 valence electrons. The molecule has 0 saturated carbocycles. The van der Waals surface area contributed by atoms with E-state index in [4.69, 9.17) is 8.94 Å². The lowest BCUT2D eigenvalue weighted by Gasteiger charge is -2.35. The summed E-state index contributed by atoms with van der Waals surface area (Å²) in [5.41, 5.74) is 0.699. The van der Waals surface area contributed by atoms with Gasteiger partial charge in [0.2, 0.25) is 5.91 Å². The molecule has 0 radical (unpaired) electrons.